The Bertz CT molecular complexity index is 355. The first-order chi connectivity index (χ1) is 4.88. The Morgan fingerprint density at radius 1 is 1.30 bits per heavy atom. The minimum Gasteiger partial charge on any atom is -0.506 e. The fourth-order valence-corrected chi connectivity index (χ4v) is 0.864. The van der Waals surface area contributed by atoms with Crippen LogP contribution in [0.15, 0.2) is 18.6 Å². The van der Waals surface area contributed by atoms with Gasteiger partial charge in [0.15, 0.2) is 0 Å². The first kappa shape index (κ1) is 5.22. The monoisotopic (exact) mass is 135 g/mol. The van der Waals surface area contributed by atoms with Gasteiger partial charge in [0.05, 0.1) is 23.3 Å². The Kier molecular flexibility index (Phi) is 0.887. The molecule has 0 fully saturated rings. The van der Waals surface area contributed by atoms with Gasteiger partial charge >= 0.3 is 0 Å². The molecule has 10 heavy (non-hydrogen) atoms. The van der Waals surface area contributed by atoms with Crippen molar-refractivity contribution < 1.29 is 5.11 Å². The van der Waals surface area contributed by atoms with Gasteiger partial charge in [0.25, 0.3) is 0 Å². The van der Waals surface area contributed by atoms with Crippen molar-refractivity contribution in [3.05, 3.63) is 18.6 Å². The molecule has 4 nitrogen and oxygen atoms in total. The lowest BCUT2D eigenvalue weighted by molar-refractivity contribution is 0.481. The predicted octanol–water partition coefficient (Wildman–Crippen LogP) is 0.663. The van der Waals surface area contributed by atoms with Crippen LogP contribution >= 0.6 is 0 Å². The molecule has 4 heteroatoms. The van der Waals surface area contributed by atoms with Crippen molar-refractivity contribution in [2.24, 2.45) is 0 Å². The molecule has 2 aromatic rings. The van der Waals surface area contributed by atoms with Crippen LogP contribution in [0.1, 0.15) is 0 Å². The van der Waals surface area contributed by atoms with Crippen LogP contribution in [0.2, 0.25) is 0 Å². The molecule has 0 radical (unpaired) electrons. The van der Waals surface area contributed by atoms with Gasteiger partial charge in [-0.3, -0.25) is 0 Å². The van der Waals surface area contributed by atoms with Gasteiger partial charge in [-0.2, -0.15) is 10.2 Å². The number of hydrogen-bond donors (Lipinski definition) is 2. The maximum Gasteiger partial charge on any atom is 0.142 e. The summed E-state index contributed by atoms with van der Waals surface area (Å²) in [5, 5.41) is 17.1. The summed E-state index contributed by atoms with van der Waals surface area (Å²) in [5.74, 6) is 0.213. The molecule has 0 bridgehead atoms. The molecule has 0 aromatic carbocycles. The highest BCUT2D eigenvalue weighted by atomic mass is 16.3. The van der Waals surface area contributed by atoms with Crippen LogP contribution in [0.5, 0.6) is 5.75 Å². The van der Waals surface area contributed by atoms with Gasteiger partial charge in [-0.15, -0.1) is 0 Å². The summed E-state index contributed by atoms with van der Waals surface area (Å²) in [7, 11) is 0. The van der Waals surface area contributed by atoms with Crippen molar-refractivity contribution in [2.45, 2.75) is 0 Å². The Hall–Kier alpha value is -1.58. The third-order valence-corrected chi connectivity index (χ3v) is 1.37. The van der Waals surface area contributed by atoms with Crippen molar-refractivity contribution in [3.8, 4) is 5.75 Å². The summed E-state index contributed by atoms with van der Waals surface area (Å²) in [4.78, 5) is 2.84. The number of fused-ring (bicyclic) bond motifs is 1. The van der Waals surface area contributed by atoms with Gasteiger partial charge in [-0.05, 0) is 0 Å². The maximum atomic E-state index is 9.11. The molecule has 0 spiro atoms. The van der Waals surface area contributed by atoms with Crippen LogP contribution in [0.3, 0.4) is 0 Å². The minimum absolute atomic E-state index is 0.213. The number of H-pyrrole nitrogens is 1. The Labute approximate surface area is 56.5 Å². The summed E-state index contributed by atoms with van der Waals surface area (Å²) in [6.45, 7) is 0. The van der Waals surface area contributed by atoms with Crippen molar-refractivity contribution in [1.29, 1.82) is 0 Å². The van der Waals surface area contributed by atoms with E-state index >= 15 is 0 Å². The standard InChI is InChI=1S/C6H5N3O/c10-6-3-7-5-2-9-8-1-4(5)6/h1-3,7,10H. The summed E-state index contributed by atoms with van der Waals surface area (Å²) in [5.41, 5.74) is 0.799. The molecule has 0 atom stereocenters. The van der Waals surface area contributed by atoms with Gasteiger partial charge < -0.3 is 10.1 Å². The van der Waals surface area contributed by atoms with Crippen LogP contribution in [0.25, 0.3) is 10.9 Å². The second kappa shape index (κ2) is 1.70. The molecule has 2 rings (SSSR count). The van der Waals surface area contributed by atoms with E-state index in [0.717, 1.165) is 5.52 Å². The number of aromatic amines is 1. The van der Waals surface area contributed by atoms with E-state index in [2.05, 4.69) is 15.2 Å². The van der Waals surface area contributed by atoms with E-state index in [1.54, 1.807) is 6.20 Å². The van der Waals surface area contributed by atoms with E-state index in [1.807, 2.05) is 0 Å². The summed E-state index contributed by atoms with van der Waals surface area (Å²) >= 11 is 0. The first-order valence-electron chi connectivity index (χ1n) is 2.84. The van der Waals surface area contributed by atoms with Crippen LogP contribution in [0, 0.1) is 0 Å². The van der Waals surface area contributed by atoms with Crippen molar-refractivity contribution in [2.75, 3.05) is 0 Å². The molecule has 0 unspecified atom stereocenters. The SMILES string of the molecule is Oc1c[nH]c2cnncc12. The number of nitrogens with one attached hydrogen (secondary N) is 1. The fourth-order valence-electron chi connectivity index (χ4n) is 0.864. The van der Waals surface area contributed by atoms with E-state index in [9.17, 15) is 0 Å². The molecule has 0 aliphatic heterocycles. The number of nitrogens with zero attached hydrogens (tertiary/aromatic N) is 2. The highest BCUT2D eigenvalue weighted by Gasteiger charge is 1.99. The summed E-state index contributed by atoms with van der Waals surface area (Å²) in [6, 6.07) is 0. The molecule has 0 saturated carbocycles. The molecule has 0 aliphatic rings. The highest BCUT2D eigenvalue weighted by molar-refractivity contribution is 5.83. The molecular formula is C6H5N3O. The number of rotatable bonds is 0. The summed E-state index contributed by atoms with van der Waals surface area (Å²) in [6.07, 6.45) is 4.59. The van der Waals surface area contributed by atoms with Gasteiger partial charge in [0.2, 0.25) is 0 Å². The Morgan fingerprint density at radius 3 is 2.90 bits per heavy atom. The van der Waals surface area contributed by atoms with E-state index < -0.39 is 0 Å². The molecule has 2 heterocycles. The molecule has 0 aliphatic carbocycles. The average Bonchev–Trinajstić information content (AvgIpc) is 2.34. The largest absolute Gasteiger partial charge is 0.506 e. The number of aromatic nitrogens is 3. The van der Waals surface area contributed by atoms with E-state index in [0.29, 0.717) is 5.39 Å². The molecule has 2 N–H and O–H groups in total. The summed E-state index contributed by atoms with van der Waals surface area (Å²) < 4.78 is 0. The van der Waals surface area contributed by atoms with Gasteiger partial charge in [-0.1, -0.05) is 0 Å². The average molecular weight is 135 g/mol. The molecular weight excluding hydrogens is 130 g/mol. The lowest BCUT2D eigenvalue weighted by atomic mass is 10.3. The topological polar surface area (TPSA) is 61.8 Å². The minimum atomic E-state index is 0.213. The number of aromatic hydroxyl groups is 1. The van der Waals surface area contributed by atoms with Crippen LogP contribution in [-0.4, -0.2) is 20.3 Å². The Balaban J connectivity index is 2.93. The zero-order chi connectivity index (χ0) is 6.97. The number of hydrogen-bond acceptors (Lipinski definition) is 3. The molecule has 0 saturated heterocycles. The third kappa shape index (κ3) is 0.556. The van der Waals surface area contributed by atoms with Crippen LogP contribution in [-0.2, 0) is 0 Å². The lowest BCUT2D eigenvalue weighted by Gasteiger charge is -1.84. The smallest absolute Gasteiger partial charge is 0.142 e. The second-order valence-electron chi connectivity index (χ2n) is 1.99. The van der Waals surface area contributed by atoms with Crippen LogP contribution in [0.4, 0.5) is 0 Å². The second-order valence-corrected chi connectivity index (χ2v) is 1.99. The van der Waals surface area contributed by atoms with Crippen molar-refractivity contribution in [3.63, 3.8) is 0 Å². The van der Waals surface area contributed by atoms with E-state index in [4.69, 9.17) is 5.11 Å². The molecule has 2 aromatic heterocycles. The highest BCUT2D eigenvalue weighted by Crippen LogP contribution is 2.20. The lowest BCUT2D eigenvalue weighted by Crippen LogP contribution is -1.76. The molecule has 0 amide bonds. The molecule has 50 valence electrons. The van der Waals surface area contributed by atoms with Gasteiger partial charge in [0, 0.05) is 6.20 Å². The predicted molar refractivity (Wildman–Crippen MR) is 35.6 cm³/mol. The normalized spacial score (nSPS) is 10.4. The van der Waals surface area contributed by atoms with Crippen molar-refractivity contribution in [1.82, 2.24) is 15.2 Å². The van der Waals surface area contributed by atoms with Crippen molar-refractivity contribution >= 4 is 10.9 Å². The van der Waals surface area contributed by atoms with E-state index in [1.165, 1.54) is 12.4 Å². The zero-order valence-electron chi connectivity index (χ0n) is 5.07. The van der Waals surface area contributed by atoms with Crippen LogP contribution < -0.4 is 0 Å². The zero-order valence-corrected chi connectivity index (χ0v) is 5.07. The van der Waals surface area contributed by atoms with Gasteiger partial charge in [-0.25, -0.2) is 0 Å². The maximum absolute atomic E-state index is 9.11. The van der Waals surface area contributed by atoms with E-state index in [-0.39, 0.29) is 5.75 Å². The third-order valence-electron chi connectivity index (χ3n) is 1.37. The van der Waals surface area contributed by atoms with Gasteiger partial charge in [0.1, 0.15) is 5.75 Å². The quantitative estimate of drug-likeness (QED) is 0.557. The Morgan fingerprint density at radius 2 is 2.10 bits per heavy atom. The first-order valence-corrected chi connectivity index (χ1v) is 2.84. The fraction of sp³-hybridized carbons (Fsp3) is 0.